The van der Waals surface area contributed by atoms with Gasteiger partial charge in [-0.1, -0.05) is 56.2 Å². The maximum Gasteiger partial charge on any atom is 0.232 e. The maximum atomic E-state index is 13.4. The van der Waals surface area contributed by atoms with Crippen molar-refractivity contribution in [1.29, 1.82) is 0 Å². The molecular formula is C25H35N3O2. The lowest BCUT2D eigenvalue weighted by atomic mass is 9.75. The number of fused-ring (bicyclic) bond motifs is 1. The second-order valence-electron chi connectivity index (χ2n) is 9.02. The Balaban J connectivity index is 1.37. The second kappa shape index (κ2) is 9.34. The van der Waals surface area contributed by atoms with Crippen molar-refractivity contribution in [1.82, 2.24) is 15.1 Å². The lowest BCUT2D eigenvalue weighted by molar-refractivity contribution is -0.141. The average molecular weight is 410 g/mol. The number of hydrogen-bond donors (Lipinski definition) is 1. The van der Waals surface area contributed by atoms with Crippen LogP contribution in [0.15, 0.2) is 42.1 Å². The molecule has 2 aliphatic carbocycles. The molecule has 3 aliphatic rings. The second-order valence-corrected chi connectivity index (χ2v) is 9.02. The molecule has 2 amide bonds. The third-order valence-electron chi connectivity index (χ3n) is 7.23. The third kappa shape index (κ3) is 4.18. The molecule has 1 aliphatic heterocycles. The molecule has 30 heavy (non-hydrogen) atoms. The minimum atomic E-state index is -0.493. The average Bonchev–Trinajstić information content (AvgIpc) is 3.44. The minimum absolute atomic E-state index is 0.123. The Morgan fingerprint density at radius 2 is 1.97 bits per heavy atom. The number of nitrogens with zero attached hydrogens (tertiary/aromatic N) is 2. The van der Waals surface area contributed by atoms with Gasteiger partial charge < -0.3 is 10.2 Å². The van der Waals surface area contributed by atoms with Crippen molar-refractivity contribution in [2.45, 2.75) is 70.9 Å². The molecule has 1 saturated heterocycles. The number of carbonyl (C=O) groups is 2. The maximum absolute atomic E-state index is 13.4. The van der Waals surface area contributed by atoms with Crippen LogP contribution in [0.1, 0.15) is 63.9 Å². The van der Waals surface area contributed by atoms with Crippen molar-refractivity contribution in [3.05, 3.63) is 47.7 Å². The number of benzene rings is 1. The van der Waals surface area contributed by atoms with Crippen LogP contribution in [0.5, 0.6) is 0 Å². The van der Waals surface area contributed by atoms with Crippen LogP contribution >= 0.6 is 0 Å². The summed E-state index contributed by atoms with van der Waals surface area (Å²) in [5.74, 6) is 0.344. The normalized spacial score (nSPS) is 24.3. The van der Waals surface area contributed by atoms with E-state index in [1.54, 1.807) is 0 Å². The van der Waals surface area contributed by atoms with Gasteiger partial charge in [0.2, 0.25) is 11.8 Å². The number of carbonyl (C=O) groups excluding carboxylic acids is 2. The number of allylic oxidation sites excluding steroid dienone is 1. The first kappa shape index (κ1) is 21.1. The summed E-state index contributed by atoms with van der Waals surface area (Å²) in [7, 11) is 0. The van der Waals surface area contributed by atoms with Gasteiger partial charge in [0.05, 0.1) is 5.41 Å². The van der Waals surface area contributed by atoms with E-state index in [1.165, 1.54) is 18.4 Å². The van der Waals surface area contributed by atoms with Crippen molar-refractivity contribution in [2.75, 3.05) is 19.6 Å². The van der Waals surface area contributed by atoms with Crippen LogP contribution in [-0.4, -0.2) is 47.3 Å². The van der Waals surface area contributed by atoms with Crippen LogP contribution in [0, 0.1) is 5.41 Å². The number of likely N-dealkylation sites (tertiary alicyclic amines) is 1. The summed E-state index contributed by atoms with van der Waals surface area (Å²) in [6, 6.07) is 10.8. The molecule has 1 N–H and O–H groups in total. The fourth-order valence-electron chi connectivity index (χ4n) is 5.53. The molecule has 162 valence electrons. The summed E-state index contributed by atoms with van der Waals surface area (Å²) >= 11 is 0. The van der Waals surface area contributed by atoms with E-state index in [0.29, 0.717) is 25.4 Å². The highest BCUT2D eigenvalue weighted by Gasteiger charge is 2.52. The van der Waals surface area contributed by atoms with Gasteiger partial charge in [0.1, 0.15) is 0 Å². The van der Waals surface area contributed by atoms with Gasteiger partial charge in [-0.2, -0.15) is 0 Å². The lowest BCUT2D eigenvalue weighted by Gasteiger charge is -2.44. The summed E-state index contributed by atoms with van der Waals surface area (Å²) in [5.41, 5.74) is 1.82. The topological polar surface area (TPSA) is 52.7 Å². The lowest BCUT2D eigenvalue weighted by Crippen LogP contribution is -2.53. The first-order chi connectivity index (χ1) is 14.6. The van der Waals surface area contributed by atoms with Crippen molar-refractivity contribution < 1.29 is 9.59 Å². The number of piperidine rings is 1. The Morgan fingerprint density at radius 3 is 2.70 bits per heavy atom. The highest BCUT2D eigenvalue weighted by molar-refractivity contribution is 5.91. The molecule has 4 rings (SSSR count). The summed E-state index contributed by atoms with van der Waals surface area (Å²) in [6.07, 6.45) is 9.59. The van der Waals surface area contributed by atoms with Crippen LogP contribution < -0.4 is 5.32 Å². The molecule has 1 saturated carbocycles. The van der Waals surface area contributed by atoms with Gasteiger partial charge in [-0.3, -0.25) is 14.5 Å². The summed E-state index contributed by atoms with van der Waals surface area (Å²) in [5, 5.41) is 3.23. The number of hydrogen-bond acceptors (Lipinski definition) is 3. The summed E-state index contributed by atoms with van der Waals surface area (Å²) in [4.78, 5) is 30.5. The molecule has 1 aromatic carbocycles. The molecule has 1 atom stereocenters. The Kier molecular flexibility index (Phi) is 6.57. The Bertz CT molecular complexity index is 785. The van der Waals surface area contributed by atoms with E-state index in [-0.39, 0.29) is 11.8 Å². The number of likely N-dealkylation sites (N-methyl/N-ethyl adjacent to an activating group) is 1. The molecule has 1 heterocycles. The minimum Gasteiger partial charge on any atom is -0.354 e. The number of nitrogens with one attached hydrogen (secondary N) is 1. The molecule has 5 nitrogen and oxygen atoms in total. The standard InChI is InChI=1S/C25H35N3O2/c1-2-27(19-20-9-4-3-5-10-20)18-17-26-24(30)25-15-8-13-22(25)28(23(29)14-16-25)21-11-6-7-12-21/h3-5,9-10,13,21H,2,6-8,11-12,14-19H2,1H3,(H,26,30). The van der Waals surface area contributed by atoms with Gasteiger partial charge in [-0.25, -0.2) is 0 Å². The first-order valence-electron chi connectivity index (χ1n) is 11.7. The number of rotatable bonds is 8. The Hall–Kier alpha value is -2.14. The van der Waals surface area contributed by atoms with E-state index in [4.69, 9.17) is 0 Å². The van der Waals surface area contributed by atoms with Gasteiger partial charge in [-0.05, 0) is 44.2 Å². The molecule has 1 unspecified atom stereocenters. The van der Waals surface area contributed by atoms with E-state index < -0.39 is 5.41 Å². The SMILES string of the molecule is CCN(CCNC(=O)C12CCC=C1N(C1CCCC1)C(=O)CC2)Cc1ccccc1. The van der Waals surface area contributed by atoms with Crippen LogP contribution in [0.25, 0.3) is 0 Å². The molecule has 0 aromatic heterocycles. The predicted molar refractivity (Wildman–Crippen MR) is 118 cm³/mol. The Labute approximate surface area is 180 Å². The molecule has 1 aromatic rings. The zero-order valence-corrected chi connectivity index (χ0v) is 18.2. The van der Waals surface area contributed by atoms with E-state index in [0.717, 1.165) is 51.0 Å². The van der Waals surface area contributed by atoms with E-state index >= 15 is 0 Å². The quantitative estimate of drug-likeness (QED) is 0.709. The molecule has 0 bridgehead atoms. The van der Waals surface area contributed by atoms with Gasteiger partial charge in [0, 0.05) is 37.8 Å². The largest absolute Gasteiger partial charge is 0.354 e. The van der Waals surface area contributed by atoms with E-state index in [1.807, 2.05) is 11.0 Å². The fraction of sp³-hybridized carbons (Fsp3) is 0.600. The smallest absolute Gasteiger partial charge is 0.232 e. The molecule has 0 radical (unpaired) electrons. The van der Waals surface area contributed by atoms with E-state index in [2.05, 4.69) is 47.5 Å². The van der Waals surface area contributed by atoms with Crippen LogP contribution in [0.4, 0.5) is 0 Å². The monoisotopic (exact) mass is 409 g/mol. The van der Waals surface area contributed by atoms with Gasteiger partial charge >= 0.3 is 0 Å². The summed E-state index contributed by atoms with van der Waals surface area (Å²) in [6.45, 7) is 5.48. The first-order valence-corrected chi connectivity index (χ1v) is 11.7. The molecule has 5 heteroatoms. The predicted octanol–water partition coefficient (Wildman–Crippen LogP) is 3.85. The zero-order valence-electron chi connectivity index (χ0n) is 18.2. The molecular weight excluding hydrogens is 374 g/mol. The van der Waals surface area contributed by atoms with Gasteiger partial charge in [0.25, 0.3) is 0 Å². The van der Waals surface area contributed by atoms with Crippen molar-refractivity contribution in [3.8, 4) is 0 Å². The van der Waals surface area contributed by atoms with Crippen molar-refractivity contribution in [3.63, 3.8) is 0 Å². The summed E-state index contributed by atoms with van der Waals surface area (Å²) < 4.78 is 0. The van der Waals surface area contributed by atoms with Crippen molar-refractivity contribution in [2.24, 2.45) is 5.41 Å². The zero-order chi connectivity index (χ0) is 21.0. The van der Waals surface area contributed by atoms with Crippen LogP contribution in [-0.2, 0) is 16.1 Å². The highest BCUT2D eigenvalue weighted by Crippen LogP contribution is 2.50. The third-order valence-corrected chi connectivity index (χ3v) is 7.23. The van der Waals surface area contributed by atoms with Gasteiger partial charge in [-0.15, -0.1) is 0 Å². The molecule has 0 spiro atoms. The van der Waals surface area contributed by atoms with Gasteiger partial charge in [0.15, 0.2) is 0 Å². The van der Waals surface area contributed by atoms with E-state index in [9.17, 15) is 9.59 Å². The molecule has 2 fully saturated rings. The van der Waals surface area contributed by atoms with Crippen LogP contribution in [0.2, 0.25) is 0 Å². The number of amides is 2. The van der Waals surface area contributed by atoms with Crippen molar-refractivity contribution >= 4 is 11.8 Å². The highest BCUT2D eigenvalue weighted by atomic mass is 16.2. The fourth-order valence-corrected chi connectivity index (χ4v) is 5.53. The Morgan fingerprint density at radius 1 is 1.20 bits per heavy atom. The van der Waals surface area contributed by atoms with Crippen LogP contribution in [0.3, 0.4) is 0 Å².